The number of hydrogen-bond acceptors (Lipinski definition) is 2. The molecule has 1 rings (SSSR count). The molecule has 1 N–H and O–H groups in total. The van der Waals surface area contributed by atoms with E-state index in [0.717, 1.165) is 6.42 Å². The zero-order valence-electron chi connectivity index (χ0n) is 6.34. The predicted octanol–water partition coefficient (Wildman–Crippen LogP) is 0.984. The second kappa shape index (κ2) is 3.15. The molecule has 0 spiro atoms. The van der Waals surface area contributed by atoms with E-state index in [4.69, 9.17) is 5.11 Å². The first-order valence-electron chi connectivity index (χ1n) is 3.86. The molecule has 0 radical (unpaired) electrons. The van der Waals surface area contributed by atoms with Gasteiger partial charge in [-0.3, -0.25) is 4.79 Å². The predicted molar refractivity (Wildman–Crippen MR) is 38.6 cm³/mol. The summed E-state index contributed by atoms with van der Waals surface area (Å²) in [5.74, 6) is 1.13. The van der Waals surface area contributed by atoms with Gasteiger partial charge in [0.25, 0.3) is 0 Å². The van der Waals surface area contributed by atoms with Crippen molar-refractivity contribution in [2.24, 2.45) is 11.8 Å². The SMILES string of the molecule is C[C@@H]1CC(=O)CC[C@@H]1CO. The maximum Gasteiger partial charge on any atom is 0.133 e. The van der Waals surface area contributed by atoms with Crippen molar-refractivity contribution in [2.45, 2.75) is 26.2 Å². The van der Waals surface area contributed by atoms with E-state index < -0.39 is 0 Å². The Morgan fingerprint density at radius 2 is 2.40 bits per heavy atom. The minimum atomic E-state index is 0.244. The van der Waals surface area contributed by atoms with E-state index in [2.05, 4.69) is 0 Å². The van der Waals surface area contributed by atoms with Gasteiger partial charge in [-0.05, 0) is 18.3 Å². The lowest BCUT2D eigenvalue weighted by Crippen LogP contribution is -2.25. The first-order chi connectivity index (χ1) is 4.74. The Labute approximate surface area is 61.2 Å². The number of carbonyl (C=O) groups is 1. The maximum absolute atomic E-state index is 10.9. The lowest BCUT2D eigenvalue weighted by Gasteiger charge is -2.25. The molecule has 1 aliphatic rings. The highest BCUT2D eigenvalue weighted by molar-refractivity contribution is 5.79. The van der Waals surface area contributed by atoms with E-state index in [0.29, 0.717) is 30.5 Å². The first kappa shape index (κ1) is 7.73. The number of aliphatic hydroxyl groups excluding tert-OH is 1. The van der Waals surface area contributed by atoms with Crippen LogP contribution in [-0.4, -0.2) is 17.5 Å². The van der Waals surface area contributed by atoms with Crippen LogP contribution in [0.15, 0.2) is 0 Å². The van der Waals surface area contributed by atoms with Gasteiger partial charge in [0.05, 0.1) is 0 Å². The molecule has 0 heterocycles. The van der Waals surface area contributed by atoms with E-state index in [9.17, 15) is 4.79 Å². The summed E-state index contributed by atoms with van der Waals surface area (Å²) in [5.41, 5.74) is 0. The van der Waals surface area contributed by atoms with Gasteiger partial charge in [-0.1, -0.05) is 6.92 Å². The molecule has 0 saturated heterocycles. The molecule has 0 aromatic rings. The monoisotopic (exact) mass is 142 g/mol. The molecule has 58 valence electrons. The third kappa shape index (κ3) is 1.57. The van der Waals surface area contributed by atoms with Gasteiger partial charge in [-0.2, -0.15) is 0 Å². The smallest absolute Gasteiger partial charge is 0.133 e. The largest absolute Gasteiger partial charge is 0.396 e. The molecular weight excluding hydrogens is 128 g/mol. The van der Waals surface area contributed by atoms with Gasteiger partial charge < -0.3 is 5.11 Å². The van der Waals surface area contributed by atoms with Crippen LogP contribution in [0.3, 0.4) is 0 Å². The minimum Gasteiger partial charge on any atom is -0.396 e. The van der Waals surface area contributed by atoms with Crippen molar-refractivity contribution in [1.82, 2.24) is 0 Å². The van der Waals surface area contributed by atoms with E-state index in [1.165, 1.54) is 0 Å². The summed E-state index contributed by atoms with van der Waals surface area (Å²) < 4.78 is 0. The third-order valence-electron chi connectivity index (χ3n) is 2.38. The van der Waals surface area contributed by atoms with Crippen LogP contribution in [0.4, 0.5) is 0 Å². The third-order valence-corrected chi connectivity index (χ3v) is 2.38. The number of rotatable bonds is 1. The fourth-order valence-corrected chi connectivity index (χ4v) is 1.53. The summed E-state index contributed by atoms with van der Waals surface area (Å²) in [5, 5.41) is 8.84. The van der Waals surface area contributed by atoms with Crippen molar-refractivity contribution in [3.63, 3.8) is 0 Å². The topological polar surface area (TPSA) is 37.3 Å². The van der Waals surface area contributed by atoms with E-state index >= 15 is 0 Å². The summed E-state index contributed by atoms with van der Waals surface area (Å²) in [6, 6.07) is 0. The Balaban J connectivity index is 2.43. The molecule has 0 unspecified atom stereocenters. The lowest BCUT2D eigenvalue weighted by atomic mass is 9.80. The van der Waals surface area contributed by atoms with Crippen molar-refractivity contribution >= 4 is 5.78 Å². The zero-order chi connectivity index (χ0) is 7.56. The van der Waals surface area contributed by atoms with Crippen molar-refractivity contribution in [2.75, 3.05) is 6.61 Å². The Morgan fingerprint density at radius 1 is 1.70 bits per heavy atom. The summed E-state index contributed by atoms with van der Waals surface area (Å²) in [4.78, 5) is 10.9. The molecule has 0 aliphatic heterocycles. The van der Waals surface area contributed by atoms with Gasteiger partial charge in [-0.25, -0.2) is 0 Å². The van der Waals surface area contributed by atoms with Gasteiger partial charge in [0.2, 0.25) is 0 Å². The molecule has 1 saturated carbocycles. The molecule has 10 heavy (non-hydrogen) atoms. The lowest BCUT2D eigenvalue weighted by molar-refractivity contribution is -0.122. The quantitative estimate of drug-likeness (QED) is 0.592. The average Bonchev–Trinajstić information content (AvgIpc) is 1.88. The van der Waals surface area contributed by atoms with Gasteiger partial charge in [0.15, 0.2) is 0 Å². The van der Waals surface area contributed by atoms with Gasteiger partial charge >= 0.3 is 0 Å². The van der Waals surface area contributed by atoms with Crippen molar-refractivity contribution in [3.8, 4) is 0 Å². The molecule has 0 bridgehead atoms. The van der Waals surface area contributed by atoms with Crippen molar-refractivity contribution in [1.29, 1.82) is 0 Å². The van der Waals surface area contributed by atoms with Crippen molar-refractivity contribution in [3.05, 3.63) is 0 Å². The van der Waals surface area contributed by atoms with E-state index in [1.807, 2.05) is 6.92 Å². The van der Waals surface area contributed by atoms with Crippen LogP contribution in [0.1, 0.15) is 26.2 Å². The Kier molecular flexibility index (Phi) is 2.44. The van der Waals surface area contributed by atoms with E-state index in [-0.39, 0.29) is 6.61 Å². The maximum atomic E-state index is 10.9. The summed E-state index contributed by atoms with van der Waals surface area (Å²) >= 11 is 0. The van der Waals surface area contributed by atoms with Crippen LogP contribution in [-0.2, 0) is 4.79 Å². The summed E-state index contributed by atoms with van der Waals surface area (Å²) in [6.45, 7) is 2.28. The molecule has 1 aliphatic carbocycles. The zero-order valence-corrected chi connectivity index (χ0v) is 6.34. The van der Waals surface area contributed by atoms with Gasteiger partial charge in [0.1, 0.15) is 5.78 Å². The first-order valence-corrected chi connectivity index (χ1v) is 3.86. The molecule has 2 atom stereocenters. The highest BCUT2D eigenvalue weighted by atomic mass is 16.3. The minimum absolute atomic E-state index is 0.244. The van der Waals surface area contributed by atoms with Gasteiger partial charge in [-0.15, -0.1) is 0 Å². The summed E-state index contributed by atoms with van der Waals surface area (Å²) in [7, 11) is 0. The molecule has 0 amide bonds. The molecule has 1 fully saturated rings. The van der Waals surface area contributed by atoms with Crippen molar-refractivity contribution < 1.29 is 9.90 Å². The van der Waals surface area contributed by atoms with Gasteiger partial charge in [0, 0.05) is 19.4 Å². The van der Waals surface area contributed by atoms with Crippen LogP contribution in [0.25, 0.3) is 0 Å². The van der Waals surface area contributed by atoms with Crippen LogP contribution in [0, 0.1) is 11.8 Å². The summed E-state index contributed by atoms with van der Waals surface area (Å²) in [6.07, 6.45) is 2.23. The number of hydrogen-bond donors (Lipinski definition) is 1. The van der Waals surface area contributed by atoms with Crippen LogP contribution >= 0.6 is 0 Å². The average molecular weight is 142 g/mol. The fraction of sp³-hybridized carbons (Fsp3) is 0.875. The Hall–Kier alpha value is -0.370. The normalized spacial score (nSPS) is 34.4. The number of Topliss-reactive ketones (excluding diaryl/α,β-unsaturated/α-hetero) is 1. The highest BCUT2D eigenvalue weighted by Crippen LogP contribution is 2.26. The second-order valence-electron chi connectivity index (χ2n) is 3.20. The van der Waals surface area contributed by atoms with Crippen LogP contribution in [0.2, 0.25) is 0 Å². The van der Waals surface area contributed by atoms with Crippen LogP contribution < -0.4 is 0 Å². The van der Waals surface area contributed by atoms with Crippen LogP contribution in [0.5, 0.6) is 0 Å². The molecule has 0 aromatic carbocycles. The number of ketones is 1. The number of aliphatic hydroxyl groups is 1. The van der Waals surface area contributed by atoms with E-state index in [1.54, 1.807) is 0 Å². The Bertz CT molecular complexity index is 131. The molecule has 0 aromatic heterocycles. The fourth-order valence-electron chi connectivity index (χ4n) is 1.53. The highest BCUT2D eigenvalue weighted by Gasteiger charge is 2.24. The standard InChI is InChI=1S/C8H14O2/c1-6-4-8(10)3-2-7(6)5-9/h6-7,9H,2-5H2,1H3/t6-,7-/m1/s1. The second-order valence-corrected chi connectivity index (χ2v) is 3.20. The molecule has 2 nitrogen and oxygen atoms in total. The molecule has 2 heteroatoms. The number of carbonyl (C=O) groups excluding carboxylic acids is 1. The molecular formula is C8H14O2. The Morgan fingerprint density at radius 3 is 2.90 bits per heavy atom.